The largest absolute Gasteiger partial charge is 0.508 e. The van der Waals surface area contributed by atoms with E-state index in [1.165, 1.54) is 0 Å². The number of aromatic hydroxyl groups is 1. The lowest BCUT2D eigenvalue weighted by Gasteiger charge is -2.20. The highest BCUT2D eigenvalue weighted by Crippen LogP contribution is 2.54. The van der Waals surface area contributed by atoms with Crippen LogP contribution in [0.15, 0.2) is 24.3 Å². The molecule has 2 unspecified atom stereocenters. The highest BCUT2D eigenvalue weighted by molar-refractivity contribution is 8.93. The minimum Gasteiger partial charge on any atom is -0.508 e. The fraction of sp³-hybridized carbons (Fsp3) is 0.562. The van der Waals surface area contributed by atoms with Crippen LogP contribution in [0.1, 0.15) is 25.8 Å². The van der Waals surface area contributed by atoms with Crippen molar-refractivity contribution in [3.05, 3.63) is 29.8 Å². The van der Waals surface area contributed by atoms with Gasteiger partial charge in [0.2, 0.25) is 0 Å². The summed E-state index contributed by atoms with van der Waals surface area (Å²) in [6.45, 7) is 4.64. The molecule has 122 valence electrons. The maximum absolute atomic E-state index is 12.4. The van der Waals surface area contributed by atoms with Gasteiger partial charge in [-0.15, -0.1) is 0 Å². The molecule has 0 saturated carbocycles. The van der Waals surface area contributed by atoms with Crippen molar-refractivity contribution in [2.45, 2.75) is 43.4 Å². The Morgan fingerprint density at radius 1 is 1.32 bits per heavy atom. The maximum atomic E-state index is 12.4. The van der Waals surface area contributed by atoms with Crippen LogP contribution in [0.2, 0.25) is 0 Å². The highest BCUT2D eigenvalue weighted by atomic mass is 33.2. The Balaban J connectivity index is 1.93. The van der Waals surface area contributed by atoms with E-state index in [0.29, 0.717) is 18.9 Å². The fourth-order valence-electron chi connectivity index (χ4n) is 2.28. The summed E-state index contributed by atoms with van der Waals surface area (Å²) < 4.78 is 5.84. The molecule has 2 rings (SSSR count). The topological polar surface area (TPSA) is 72.6 Å². The number of phenols is 1. The standard InChI is InChI=1S/C16H23NO3S2/c1-10(2)7-12(17)9-20-14(15(19)16-21-22-16)8-11-3-5-13(18)6-4-11/h3-6,10,12,14,16,18H,7-9,17H2,1-2H3. The summed E-state index contributed by atoms with van der Waals surface area (Å²) in [6, 6.07) is 6.85. The van der Waals surface area contributed by atoms with E-state index in [0.717, 1.165) is 12.0 Å². The molecule has 1 aromatic carbocycles. The van der Waals surface area contributed by atoms with E-state index < -0.39 is 6.10 Å². The molecule has 6 heteroatoms. The SMILES string of the molecule is CC(C)CC(N)COC(Cc1ccc(O)cc1)C(=O)C1SS1. The van der Waals surface area contributed by atoms with Crippen molar-refractivity contribution < 1.29 is 14.6 Å². The number of benzene rings is 1. The van der Waals surface area contributed by atoms with Gasteiger partial charge in [-0.3, -0.25) is 4.79 Å². The minimum absolute atomic E-state index is 0.00318. The first-order valence-electron chi connectivity index (χ1n) is 7.46. The average Bonchev–Trinajstić information content (AvgIpc) is 3.28. The molecule has 0 amide bonds. The van der Waals surface area contributed by atoms with Crippen LogP contribution >= 0.6 is 21.6 Å². The van der Waals surface area contributed by atoms with Gasteiger partial charge in [-0.05, 0) is 30.0 Å². The second-order valence-electron chi connectivity index (χ2n) is 6.01. The number of phenolic OH excluding ortho intramolecular Hbond substituents is 1. The van der Waals surface area contributed by atoms with Crippen molar-refractivity contribution in [3.63, 3.8) is 0 Å². The molecule has 0 radical (unpaired) electrons. The Morgan fingerprint density at radius 3 is 2.50 bits per heavy atom. The zero-order valence-corrected chi connectivity index (χ0v) is 14.5. The molecule has 0 aromatic heterocycles. The number of Topliss-reactive ketones (excluding diaryl/α,β-unsaturated/α-hetero) is 1. The van der Waals surface area contributed by atoms with Crippen molar-refractivity contribution in [1.82, 2.24) is 0 Å². The first-order valence-corrected chi connectivity index (χ1v) is 9.74. The predicted molar refractivity (Wildman–Crippen MR) is 93.0 cm³/mol. The minimum atomic E-state index is -0.463. The lowest BCUT2D eigenvalue weighted by Crippen LogP contribution is -2.35. The number of carbonyl (C=O) groups is 1. The number of carbonyl (C=O) groups excluding carboxylic acids is 1. The van der Waals surface area contributed by atoms with Crippen LogP contribution < -0.4 is 5.73 Å². The van der Waals surface area contributed by atoms with E-state index >= 15 is 0 Å². The second-order valence-corrected chi connectivity index (χ2v) is 8.79. The molecule has 0 spiro atoms. The molecular formula is C16H23NO3S2. The fourth-order valence-corrected chi connectivity index (χ4v) is 3.56. The zero-order chi connectivity index (χ0) is 16.1. The Kier molecular flexibility index (Phi) is 6.62. The normalized spacial score (nSPS) is 17.5. The molecule has 1 aromatic rings. The first-order chi connectivity index (χ1) is 10.5. The van der Waals surface area contributed by atoms with Crippen LogP contribution in [0.25, 0.3) is 0 Å². The molecule has 1 saturated heterocycles. The zero-order valence-electron chi connectivity index (χ0n) is 12.9. The van der Waals surface area contributed by atoms with Gasteiger partial charge in [0.05, 0.1) is 6.61 Å². The number of ketones is 1. The van der Waals surface area contributed by atoms with E-state index in [-0.39, 0.29) is 22.2 Å². The van der Waals surface area contributed by atoms with Crippen LogP contribution in [-0.2, 0) is 16.0 Å². The number of rotatable bonds is 9. The Hall–Kier alpha value is -0.690. The summed E-state index contributed by atoms with van der Waals surface area (Å²) in [4.78, 5) is 12.4. The van der Waals surface area contributed by atoms with Crippen LogP contribution in [0.3, 0.4) is 0 Å². The summed E-state index contributed by atoms with van der Waals surface area (Å²) in [6.07, 6.45) is 0.938. The molecule has 1 fully saturated rings. The molecular weight excluding hydrogens is 318 g/mol. The average molecular weight is 341 g/mol. The summed E-state index contributed by atoms with van der Waals surface area (Å²) in [5.41, 5.74) is 7.02. The van der Waals surface area contributed by atoms with E-state index in [1.54, 1.807) is 33.7 Å². The van der Waals surface area contributed by atoms with Gasteiger partial charge < -0.3 is 15.6 Å². The van der Waals surface area contributed by atoms with E-state index in [2.05, 4.69) is 13.8 Å². The summed E-state index contributed by atoms with van der Waals surface area (Å²) in [7, 11) is 3.16. The van der Waals surface area contributed by atoms with Gasteiger partial charge in [0.25, 0.3) is 0 Å². The number of hydrogen-bond acceptors (Lipinski definition) is 6. The number of hydrogen-bond donors (Lipinski definition) is 2. The van der Waals surface area contributed by atoms with Gasteiger partial charge in [0, 0.05) is 12.5 Å². The summed E-state index contributed by atoms with van der Waals surface area (Å²) in [5.74, 6) is 0.860. The molecule has 1 aliphatic rings. The Bertz CT molecular complexity index is 489. The van der Waals surface area contributed by atoms with Gasteiger partial charge in [0.1, 0.15) is 16.4 Å². The molecule has 3 N–H and O–H groups in total. The third-order valence-corrected chi connectivity index (χ3v) is 5.39. The van der Waals surface area contributed by atoms with Crippen molar-refractivity contribution in [3.8, 4) is 5.75 Å². The van der Waals surface area contributed by atoms with Crippen molar-refractivity contribution in [2.24, 2.45) is 11.7 Å². The van der Waals surface area contributed by atoms with Crippen LogP contribution in [0, 0.1) is 5.92 Å². The molecule has 22 heavy (non-hydrogen) atoms. The smallest absolute Gasteiger partial charge is 0.186 e. The lowest BCUT2D eigenvalue weighted by molar-refractivity contribution is -0.128. The van der Waals surface area contributed by atoms with E-state index in [4.69, 9.17) is 10.5 Å². The van der Waals surface area contributed by atoms with Crippen LogP contribution in [-0.4, -0.2) is 34.2 Å². The third-order valence-electron chi connectivity index (χ3n) is 3.39. The predicted octanol–water partition coefficient (Wildman–Crippen LogP) is 2.98. The Labute approximate surface area is 139 Å². The van der Waals surface area contributed by atoms with E-state index in [9.17, 15) is 9.90 Å². The molecule has 4 nitrogen and oxygen atoms in total. The maximum Gasteiger partial charge on any atom is 0.186 e. The van der Waals surface area contributed by atoms with Gasteiger partial charge in [0.15, 0.2) is 5.78 Å². The quantitative estimate of drug-likeness (QED) is 0.531. The Morgan fingerprint density at radius 2 is 1.95 bits per heavy atom. The highest BCUT2D eigenvalue weighted by Gasteiger charge is 2.38. The number of ether oxygens (including phenoxy) is 1. The van der Waals surface area contributed by atoms with Gasteiger partial charge in [-0.1, -0.05) is 47.6 Å². The first kappa shape index (κ1) is 17.7. The number of nitrogens with two attached hydrogens (primary N) is 1. The molecule has 0 bridgehead atoms. The van der Waals surface area contributed by atoms with Crippen LogP contribution in [0.5, 0.6) is 5.75 Å². The second kappa shape index (κ2) is 8.24. The van der Waals surface area contributed by atoms with Gasteiger partial charge in [-0.25, -0.2) is 0 Å². The van der Waals surface area contributed by atoms with Crippen molar-refractivity contribution in [2.75, 3.05) is 6.61 Å². The monoisotopic (exact) mass is 341 g/mol. The molecule has 2 atom stereocenters. The van der Waals surface area contributed by atoms with Crippen molar-refractivity contribution in [1.29, 1.82) is 0 Å². The lowest BCUT2D eigenvalue weighted by atomic mass is 10.0. The molecule has 1 aliphatic heterocycles. The van der Waals surface area contributed by atoms with E-state index in [1.807, 2.05) is 12.1 Å². The molecule has 1 heterocycles. The van der Waals surface area contributed by atoms with Gasteiger partial charge in [-0.2, -0.15) is 0 Å². The van der Waals surface area contributed by atoms with Crippen LogP contribution in [0.4, 0.5) is 0 Å². The third kappa shape index (κ3) is 5.83. The summed E-state index contributed by atoms with van der Waals surface area (Å²) in [5, 5.41) is 9.34. The summed E-state index contributed by atoms with van der Waals surface area (Å²) >= 11 is 0. The van der Waals surface area contributed by atoms with Crippen molar-refractivity contribution >= 4 is 27.4 Å². The van der Waals surface area contributed by atoms with Gasteiger partial charge >= 0.3 is 0 Å². The molecule has 0 aliphatic carbocycles.